The summed E-state index contributed by atoms with van der Waals surface area (Å²) in [6.45, 7) is 9.48. The summed E-state index contributed by atoms with van der Waals surface area (Å²) < 4.78 is 5.74. The number of hydrogen-bond acceptors (Lipinski definition) is 6. The third-order valence-corrected chi connectivity index (χ3v) is 4.59. The lowest BCUT2D eigenvalue weighted by Crippen LogP contribution is -2.55. The number of aryl methyl sites for hydroxylation is 1. The predicted molar refractivity (Wildman–Crippen MR) is 124 cm³/mol. The first-order valence-corrected chi connectivity index (χ1v) is 10.4. The number of hydrazine groups is 2. The van der Waals surface area contributed by atoms with Crippen LogP contribution in [0, 0.1) is 6.92 Å². The van der Waals surface area contributed by atoms with Crippen LogP contribution >= 0.6 is 24.4 Å². The van der Waals surface area contributed by atoms with E-state index in [0.29, 0.717) is 16.0 Å². The van der Waals surface area contributed by atoms with E-state index in [0.717, 1.165) is 29.9 Å². The third-order valence-electron chi connectivity index (χ3n) is 4.10. The fraction of sp³-hybridized carbons (Fsp3) is 0.421. The molecule has 8 nitrogen and oxygen atoms in total. The van der Waals surface area contributed by atoms with Crippen LogP contribution in [-0.2, 0) is 0 Å². The average molecular weight is 436 g/mol. The van der Waals surface area contributed by atoms with Gasteiger partial charge in [-0.05, 0) is 58.2 Å². The quantitative estimate of drug-likeness (QED) is 0.259. The van der Waals surface area contributed by atoms with Gasteiger partial charge >= 0.3 is 0 Å². The van der Waals surface area contributed by atoms with Crippen molar-refractivity contribution in [1.29, 1.82) is 0 Å². The van der Waals surface area contributed by atoms with Gasteiger partial charge < -0.3 is 15.1 Å². The maximum Gasteiger partial charge on any atom is 0.181 e. The first kappa shape index (κ1) is 23.0. The summed E-state index contributed by atoms with van der Waals surface area (Å²) in [6.07, 6.45) is 1.45. The van der Waals surface area contributed by atoms with Crippen molar-refractivity contribution in [3.63, 3.8) is 0 Å². The Morgan fingerprint density at radius 3 is 2.34 bits per heavy atom. The Morgan fingerprint density at radius 1 is 1.07 bits per heavy atom. The number of thiocarbonyl (C=S) groups is 2. The zero-order valence-electron chi connectivity index (χ0n) is 17.1. The molecule has 0 spiro atoms. The highest BCUT2D eigenvalue weighted by atomic mass is 32.1. The average Bonchev–Trinajstić information content (AvgIpc) is 3.16. The maximum absolute atomic E-state index is 5.74. The van der Waals surface area contributed by atoms with E-state index < -0.39 is 0 Å². The fourth-order valence-corrected chi connectivity index (χ4v) is 3.13. The molecule has 2 atom stereocenters. The van der Waals surface area contributed by atoms with Crippen molar-refractivity contribution < 1.29 is 4.42 Å². The SMILES string of the molecule is CCNC(=S)NNC(C)C(NNC(=S)NCC)c1ncoc1-c1cccc(C)c1. The Kier molecular flexibility index (Phi) is 9.26. The highest BCUT2D eigenvalue weighted by molar-refractivity contribution is 7.80. The second kappa shape index (κ2) is 11.7. The van der Waals surface area contributed by atoms with E-state index in [-0.39, 0.29) is 12.1 Å². The highest BCUT2D eigenvalue weighted by Crippen LogP contribution is 2.29. The minimum absolute atomic E-state index is 0.128. The van der Waals surface area contributed by atoms with Crippen molar-refractivity contribution >= 4 is 34.7 Å². The first-order chi connectivity index (χ1) is 14.0. The van der Waals surface area contributed by atoms with Gasteiger partial charge in [0.25, 0.3) is 0 Å². The summed E-state index contributed by atoms with van der Waals surface area (Å²) in [7, 11) is 0. The number of oxazole rings is 1. The van der Waals surface area contributed by atoms with E-state index in [1.165, 1.54) is 6.39 Å². The number of nitrogens with one attached hydrogen (secondary N) is 6. The van der Waals surface area contributed by atoms with E-state index in [9.17, 15) is 0 Å². The van der Waals surface area contributed by atoms with Crippen LogP contribution in [0.25, 0.3) is 11.3 Å². The number of rotatable bonds is 9. The van der Waals surface area contributed by atoms with Crippen molar-refractivity contribution in [2.45, 2.75) is 39.8 Å². The molecule has 1 aromatic carbocycles. The maximum atomic E-state index is 5.74. The van der Waals surface area contributed by atoms with Crippen LogP contribution in [0.4, 0.5) is 0 Å². The molecule has 0 radical (unpaired) electrons. The van der Waals surface area contributed by atoms with E-state index in [1.54, 1.807) is 0 Å². The fourth-order valence-electron chi connectivity index (χ4n) is 2.72. The Bertz CT molecular complexity index is 811. The molecule has 6 N–H and O–H groups in total. The Morgan fingerprint density at radius 2 is 1.72 bits per heavy atom. The Hall–Kier alpha value is -2.27. The summed E-state index contributed by atoms with van der Waals surface area (Å²) in [5.74, 6) is 0.699. The van der Waals surface area contributed by atoms with Gasteiger partial charge in [0.05, 0.1) is 6.04 Å². The molecular weight excluding hydrogens is 406 g/mol. The van der Waals surface area contributed by atoms with Crippen LogP contribution in [0.1, 0.15) is 38.1 Å². The second-order valence-corrected chi connectivity index (χ2v) is 7.28. The summed E-state index contributed by atoms with van der Waals surface area (Å²) in [5.41, 5.74) is 15.3. The molecule has 1 heterocycles. The van der Waals surface area contributed by atoms with Crippen molar-refractivity contribution in [2.75, 3.05) is 13.1 Å². The van der Waals surface area contributed by atoms with Crippen LogP contribution in [0.3, 0.4) is 0 Å². The minimum atomic E-state index is -0.280. The van der Waals surface area contributed by atoms with Gasteiger partial charge in [0.1, 0.15) is 5.69 Å². The molecule has 2 unspecified atom stereocenters. The molecule has 0 aliphatic rings. The first-order valence-electron chi connectivity index (χ1n) is 9.55. The molecule has 0 saturated carbocycles. The minimum Gasteiger partial charge on any atom is -0.443 e. The molecule has 0 bridgehead atoms. The van der Waals surface area contributed by atoms with E-state index in [2.05, 4.69) is 43.4 Å². The van der Waals surface area contributed by atoms with Gasteiger partial charge in [-0.2, -0.15) is 0 Å². The molecule has 158 valence electrons. The van der Waals surface area contributed by atoms with Crippen LogP contribution in [0.5, 0.6) is 0 Å². The van der Waals surface area contributed by atoms with E-state index in [1.807, 2.05) is 45.9 Å². The van der Waals surface area contributed by atoms with Gasteiger partial charge in [-0.3, -0.25) is 10.9 Å². The Labute approximate surface area is 182 Å². The van der Waals surface area contributed by atoms with Crippen molar-refractivity contribution in [3.05, 3.63) is 41.9 Å². The summed E-state index contributed by atoms with van der Waals surface area (Å²) in [4.78, 5) is 4.48. The van der Waals surface area contributed by atoms with Gasteiger partial charge in [0, 0.05) is 24.7 Å². The summed E-state index contributed by atoms with van der Waals surface area (Å²) >= 11 is 10.5. The molecule has 10 heteroatoms. The van der Waals surface area contributed by atoms with Gasteiger partial charge in [-0.25, -0.2) is 15.8 Å². The normalized spacial score (nSPS) is 12.7. The topological polar surface area (TPSA) is 98.2 Å². The van der Waals surface area contributed by atoms with Gasteiger partial charge in [0.15, 0.2) is 22.4 Å². The molecule has 29 heavy (non-hydrogen) atoms. The highest BCUT2D eigenvalue weighted by Gasteiger charge is 2.26. The lowest BCUT2D eigenvalue weighted by molar-refractivity contribution is 0.364. The van der Waals surface area contributed by atoms with Crippen LogP contribution < -0.4 is 32.3 Å². The van der Waals surface area contributed by atoms with Crippen molar-refractivity contribution in [2.24, 2.45) is 0 Å². The molecule has 0 amide bonds. The summed E-state index contributed by atoms with van der Waals surface area (Å²) in [6, 6.07) is 7.70. The number of aromatic nitrogens is 1. The third kappa shape index (κ3) is 6.93. The predicted octanol–water partition coefficient (Wildman–Crippen LogP) is 2.06. The van der Waals surface area contributed by atoms with Gasteiger partial charge in [0.2, 0.25) is 0 Å². The molecule has 0 aliphatic carbocycles. The zero-order chi connectivity index (χ0) is 21.2. The smallest absolute Gasteiger partial charge is 0.181 e. The van der Waals surface area contributed by atoms with Crippen LogP contribution in [0.15, 0.2) is 35.1 Å². The van der Waals surface area contributed by atoms with Crippen molar-refractivity contribution in [1.82, 2.24) is 37.3 Å². The van der Waals surface area contributed by atoms with Gasteiger partial charge in [-0.1, -0.05) is 23.8 Å². The summed E-state index contributed by atoms with van der Waals surface area (Å²) in [5, 5.41) is 7.12. The number of hydrogen-bond donors (Lipinski definition) is 6. The zero-order valence-corrected chi connectivity index (χ0v) is 18.8. The molecule has 1 aromatic heterocycles. The Balaban J connectivity index is 2.24. The lowest BCUT2D eigenvalue weighted by atomic mass is 10.0. The van der Waals surface area contributed by atoms with Crippen LogP contribution in [-0.4, -0.2) is 34.3 Å². The lowest BCUT2D eigenvalue weighted by Gasteiger charge is -2.27. The molecule has 0 fully saturated rings. The van der Waals surface area contributed by atoms with E-state index in [4.69, 9.17) is 28.9 Å². The molecule has 0 aliphatic heterocycles. The largest absolute Gasteiger partial charge is 0.443 e. The number of nitrogens with zero attached hydrogens (tertiary/aromatic N) is 1. The van der Waals surface area contributed by atoms with Gasteiger partial charge in [-0.15, -0.1) is 0 Å². The second-order valence-electron chi connectivity index (χ2n) is 6.46. The standard InChI is InChI=1S/C19H29N7OS2/c1-5-20-18(28)25-23-13(4)15(24-26-19(29)21-6-2)16-17(27-11-22-16)14-9-7-8-12(3)10-14/h7-11,13,15,23-24H,5-6H2,1-4H3,(H2,20,25,28)(H2,21,26,29). The molecule has 2 rings (SSSR count). The van der Waals surface area contributed by atoms with Crippen LogP contribution in [0.2, 0.25) is 0 Å². The monoisotopic (exact) mass is 435 g/mol. The molecule has 0 saturated heterocycles. The van der Waals surface area contributed by atoms with Crippen molar-refractivity contribution in [3.8, 4) is 11.3 Å². The van der Waals surface area contributed by atoms with E-state index >= 15 is 0 Å². The molecular formula is C19H29N7OS2. The number of benzene rings is 1. The molecule has 2 aromatic rings.